The number of carbonyl (C=O) groups excluding carboxylic acids is 1. The molecule has 2 heterocycles. The first-order valence-electron chi connectivity index (χ1n) is 10.9. The van der Waals surface area contributed by atoms with Gasteiger partial charge in [-0.1, -0.05) is 31.9 Å². The predicted molar refractivity (Wildman–Crippen MR) is 109 cm³/mol. The Morgan fingerprint density at radius 2 is 1.96 bits per heavy atom. The normalized spacial score (nSPS) is 33.0. The maximum absolute atomic E-state index is 12.5. The highest BCUT2D eigenvalue weighted by Crippen LogP contribution is 2.33. The van der Waals surface area contributed by atoms with Crippen molar-refractivity contribution in [3.8, 4) is 0 Å². The van der Waals surface area contributed by atoms with Gasteiger partial charge >= 0.3 is 0 Å². The van der Waals surface area contributed by atoms with Crippen molar-refractivity contribution in [3.05, 3.63) is 29.8 Å². The quantitative estimate of drug-likeness (QED) is 0.767. The number of amides is 1. The number of rotatable bonds is 6. The molecule has 0 aromatic heterocycles. The molecule has 1 aliphatic carbocycles. The minimum Gasteiger partial charge on any atom is -0.374 e. The summed E-state index contributed by atoms with van der Waals surface area (Å²) < 4.78 is 6.13. The minimum absolute atomic E-state index is 0.153. The molecule has 27 heavy (non-hydrogen) atoms. The van der Waals surface area contributed by atoms with Crippen molar-refractivity contribution < 1.29 is 9.53 Å². The molecule has 2 N–H and O–H groups in total. The second-order valence-electron chi connectivity index (χ2n) is 9.13. The summed E-state index contributed by atoms with van der Waals surface area (Å²) in [6.07, 6.45) is 10.9. The second kappa shape index (κ2) is 8.74. The number of ether oxygens (including phenoxy) is 1. The lowest BCUT2D eigenvalue weighted by Gasteiger charge is -2.28. The van der Waals surface area contributed by atoms with Crippen LogP contribution < -0.4 is 10.6 Å². The average Bonchev–Trinajstić information content (AvgIpc) is 2.99. The molecule has 4 rings (SSSR count). The fraction of sp³-hybridized carbons (Fsp3) is 0.696. The van der Waals surface area contributed by atoms with Gasteiger partial charge in [-0.2, -0.15) is 0 Å². The van der Waals surface area contributed by atoms with E-state index in [0.717, 1.165) is 30.0 Å². The van der Waals surface area contributed by atoms with Crippen LogP contribution in [-0.2, 0) is 16.1 Å². The second-order valence-corrected chi connectivity index (χ2v) is 9.13. The molecule has 2 bridgehead atoms. The van der Waals surface area contributed by atoms with Crippen molar-refractivity contribution in [2.75, 3.05) is 5.32 Å². The lowest BCUT2D eigenvalue weighted by molar-refractivity contribution is -0.117. The summed E-state index contributed by atoms with van der Waals surface area (Å²) in [5.41, 5.74) is 2.04. The Morgan fingerprint density at radius 3 is 2.74 bits per heavy atom. The van der Waals surface area contributed by atoms with E-state index in [9.17, 15) is 4.79 Å². The van der Waals surface area contributed by atoms with E-state index in [1.807, 2.05) is 12.1 Å². The fourth-order valence-corrected chi connectivity index (χ4v) is 5.30. The minimum atomic E-state index is 0.153. The highest BCUT2D eigenvalue weighted by Gasteiger charge is 2.34. The molecule has 4 atom stereocenters. The van der Waals surface area contributed by atoms with Crippen molar-refractivity contribution in [1.82, 2.24) is 5.32 Å². The van der Waals surface area contributed by atoms with Crippen LogP contribution in [-0.4, -0.2) is 24.1 Å². The van der Waals surface area contributed by atoms with Gasteiger partial charge < -0.3 is 15.4 Å². The van der Waals surface area contributed by atoms with Crippen molar-refractivity contribution >= 4 is 11.6 Å². The summed E-state index contributed by atoms with van der Waals surface area (Å²) in [5, 5.41) is 6.76. The van der Waals surface area contributed by atoms with Crippen LogP contribution in [0.15, 0.2) is 24.3 Å². The zero-order valence-electron chi connectivity index (χ0n) is 16.6. The Labute approximate surface area is 163 Å². The molecular weight excluding hydrogens is 336 g/mol. The molecule has 148 valence electrons. The van der Waals surface area contributed by atoms with E-state index in [1.54, 1.807) is 0 Å². The third-order valence-corrected chi connectivity index (χ3v) is 6.63. The number of benzene rings is 1. The maximum Gasteiger partial charge on any atom is 0.224 e. The van der Waals surface area contributed by atoms with Crippen LogP contribution in [0.1, 0.15) is 70.3 Å². The third kappa shape index (κ3) is 5.32. The molecule has 1 amide bonds. The van der Waals surface area contributed by atoms with Crippen LogP contribution >= 0.6 is 0 Å². The van der Waals surface area contributed by atoms with Crippen molar-refractivity contribution in [2.45, 2.75) is 89.5 Å². The number of hydrogen-bond acceptors (Lipinski definition) is 3. The zero-order chi connectivity index (χ0) is 18.6. The van der Waals surface area contributed by atoms with Crippen molar-refractivity contribution in [1.29, 1.82) is 0 Å². The van der Waals surface area contributed by atoms with Crippen molar-refractivity contribution in [3.63, 3.8) is 0 Å². The Hall–Kier alpha value is -1.39. The van der Waals surface area contributed by atoms with Gasteiger partial charge in [0.15, 0.2) is 0 Å². The molecule has 2 saturated heterocycles. The van der Waals surface area contributed by atoms with E-state index < -0.39 is 0 Å². The average molecular weight is 371 g/mol. The van der Waals surface area contributed by atoms with E-state index in [1.165, 1.54) is 38.5 Å². The van der Waals surface area contributed by atoms with Crippen LogP contribution in [0, 0.1) is 11.8 Å². The molecule has 1 aromatic carbocycles. The molecule has 1 saturated carbocycles. The molecule has 3 aliphatic rings. The number of piperidine rings is 1. The summed E-state index contributed by atoms with van der Waals surface area (Å²) in [4.78, 5) is 12.5. The molecule has 4 heteroatoms. The van der Waals surface area contributed by atoms with Crippen LogP contribution in [0.3, 0.4) is 0 Å². The van der Waals surface area contributed by atoms with Gasteiger partial charge in [0.25, 0.3) is 0 Å². The molecule has 3 fully saturated rings. The number of anilines is 1. The van der Waals surface area contributed by atoms with Crippen LogP contribution in [0.4, 0.5) is 5.69 Å². The Bertz CT molecular complexity index is 635. The van der Waals surface area contributed by atoms with Crippen molar-refractivity contribution in [2.24, 2.45) is 11.8 Å². The molecule has 4 nitrogen and oxygen atoms in total. The summed E-state index contributed by atoms with van der Waals surface area (Å²) in [6.45, 7) is 2.96. The van der Waals surface area contributed by atoms with E-state index in [-0.39, 0.29) is 5.91 Å². The smallest absolute Gasteiger partial charge is 0.224 e. The lowest BCUT2D eigenvalue weighted by atomic mass is 9.89. The first-order chi connectivity index (χ1) is 13.1. The molecule has 0 radical (unpaired) electrons. The van der Waals surface area contributed by atoms with Gasteiger partial charge in [-0.05, 0) is 68.1 Å². The summed E-state index contributed by atoms with van der Waals surface area (Å²) in [5.74, 6) is 1.46. The van der Waals surface area contributed by atoms with E-state index in [0.29, 0.717) is 37.1 Å². The first kappa shape index (κ1) is 18.9. The van der Waals surface area contributed by atoms with Gasteiger partial charge in [0.1, 0.15) is 0 Å². The van der Waals surface area contributed by atoms with Gasteiger partial charge in [0.2, 0.25) is 5.91 Å². The molecule has 1 aromatic rings. The van der Waals surface area contributed by atoms with Gasteiger partial charge in [0.05, 0.1) is 12.7 Å². The topological polar surface area (TPSA) is 50.4 Å². The van der Waals surface area contributed by atoms with E-state index in [4.69, 9.17) is 4.74 Å². The Kier molecular flexibility index (Phi) is 6.14. The number of fused-ring (bicyclic) bond motifs is 2. The number of carbonyl (C=O) groups is 1. The standard InChI is InChI=1S/C23H34N2O2/c1-16-4-2-7-22(10-16)27-15-17-5-3-6-19(11-17)25-23(26)14-18-12-20-8-9-21(13-18)24-20/h3,5-6,11,16,18,20-22,24H,2,4,7-10,12-15H2,1H3,(H,25,26). The monoisotopic (exact) mass is 370 g/mol. The van der Waals surface area contributed by atoms with Gasteiger partial charge in [-0.25, -0.2) is 0 Å². The Morgan fingerprint density at radius 1 is 1.15 bits per heavy atom. The number of nitrogens with one attached hydrogen (secondary N) is 2. The maximum atomic E-state index is 12.5. The van der Waals surface area contributed by atoms with Gasteiger partial charge in [0, 0.05) is 24.2 Å². The lowest BCUT2D eigenvalue weighted by Crippen LogP contribution is -2.39. The van der Waals surface area contributed by atoms with Crippen LogP contribution in [0.2, 0.25) is 0 Å². The molecular formula is C23H34N2O2. The van der Waals surface area contributed by atoms with Gasteiger partial charge in [-0.15, -0.1) is 0 Å². The molecule has 4 unspecified atom stereocenters. The van der Waals surface area contributed by atoms with E-state index >= 15 is 0 Å². The van der Waals surface area contributed by atoms with Crippen LogP contribution in [0.5, 0.6) is 0 Å². The number of hydrogen-bond donors (Lipinski definition) is 2. The summed E-state index contributed by atoms with van der Waals surface area (Å²) in [7, 11) is 0. The zero-order valence-corrected chi connectivity index (χ0v) is 16.6. The summed E-state index contributed by atoms with van der Waals surface area (Å²) in [6, 6.07) is 9.44. The van der Waals surface area contributed by atoms with Crippen LogP contribution in [0.25, 0.3) is 0 Å². The molecule has 2 aliphatic heterocycles. The van der Waals surface area contributed by atoms with Gasteiger partial charge in [-0.3, -0.25) is 4.79 Å². The predicted octanol–water partition coefficient (Wildman–Crippen LogP) is 4.64. The SMILES string of the molecule is CC1CCCC(OCc2cccc(NC(=O)CC3CC4CCC(C3)N4)c2)C1. The summed E-state index contributed by atoms with van der Waals surface area (Å²) >= 11 is 0. The third-order valence-electron chi connectivity index (χ3n) is 6.63. The highest BCUT2D eigenvalue weighted by molar-refractivity contribution is 5.90. The fourth-order valence-electron chi connectivity index (χ4n) is 5.30. The van der Waals surface area contributed by atoms with E-state index in [2.05, 4.69) is 29.7 Å². The molecule has 0 spiro atoms. The largest absolute Gasteiger partial charge is 0.374 e. The Balaban J connectivity index is 1.25. The first-order valence-corrected chi connectivity index (χ1v) is 10.9. The highest BCUT2D eigenvalue weighted by atomic mass is 16.5.